The number of pyridine rings is 1. The summed E-state index contributed by atoms with van der Waals surface area (Å²) < 4.78 is 18.2. The van der Waals surface area contributed by atoms with Crippen molar-refractivity contribution in [1.82, 2.24) is 39.6 Å². The Balaban J connectivity index is 1.19. The first-order chi connectivity index (χ1) is 20.5. The number of aryl methyl sites for hydroxylation is 1. The van der Waals surface area contributed by atoms with Gasteiger partial charge in [0.25, 0.3) is 5.91 Å². The molecule has 7 rings (SSSR count). The maximum atomic E-state index is 14.9. The number of fused-ring (bicyclic) bond motifs is 1. The molecule has 4 aromatic heterocycles. The van der Waals surface area contributed by atoms with Gasteiger partial charge in [0.15, 0.2) is 0 Å². The van der Waals surface area contributed by atoms with Crippen molar-refractivity contribution in [1.29, 1.82) is 0 Å². The molecule has 43 heavy (non-hydrogen) atoms. The van der Waals surface area contributed by atoms with Crippen LogP contribution in [-0.4, -0.2) is 67.4 Å². The van der Waals surface area contributed by atoms with Crippen LogP contribution in [0.4, 0.5) is 10.1 Å². The summed E-state index contributed by atoms with van der Waals surface area (Å²) in [5.74, 6) is -0.389. The molecule has 1 amide bonds. The van der Waals surface area contributed by atoms with E-state index in [4.69, 9.17) is 5.10 Å². The van der Waals surface area contributed by atoms with Gasteiger partial charge in [0.1, 0.15) is 11.9 Å². The summed E-state index contributed by atoms with van der Waals surface area (Å²) in [6.45, 7) is 5.00. The molecule has 0 aliphatic heterocycles. The standard InChI is InChI=1S/C30H32FN9O3/c1-16-10-23(31)20(28-34-37-40(36-28)19-6-7-19)12-24(16)33-29(42)21-13-32-39-9-8-18(11-25(21)39)22-14-38(15-26(41)30(2,3)43)35-27(22)17-4-5-17/h8-14,17,19,26,41,43H,4-7,15H2,1-3H3,(H,33,42)/t26-/m0/s1. The lowest BCUT2D eigenvalue weighted by Crippen LogP contribution is -2.39. The summed E-state index contributed by atoms with van der Waals surface area (Å²) >= 11 is 0. The molecule has 1 aromatic carbocycles. The monoisotopic (exact) mass is 585 g/mol. The lowest BCUT2D eigenvalue weighted by atomic mass is 10.0. The van der Waals surface area contributed by atoms with Crippen molar-refractivity contribution in [2.45, 2.75) is 76.7 Å². The number of hydrogen-bond acceptors (Lipinski definition) is 8. The number of amides is 1. The zero-order valence-electron chi connectivity index (χ0n) is 24.1. The van der Waals surface area contributed by atoms with Gasteiger partial charge in [-0.3, -0.25) is 9.48 Å². The number of carbonyl (C=O) groups is 1. The highest BCUT2D eigenvalue weighted by Gasteiger charge is 2.32. The van der Waals surface area contributed by atoms with Gasteiger partial charge in [0, 0.05) is 29.6 Å². The molecule has 4 heterocycles. The van der Waals surface area contributed by atoms with Crippen LogP contribution in [0.5, 0.6) is 0 Å². The Bertz CT molecular complexity index is 1860. The number of aliphatic hydroxyl groups is 2. The van der Waals surface area contributed by atoms with Crippen LogP contribution in [0.2, 0.25) is 0 Å². The summed E-state index contributed by atoms with van der Waals surface area (Å²) in [5, 5.41) is 45.1. The smallest absolute Gasteiger partial charge is 0.259 e. The van der Waals surface area contributed by atoms with Crippen molar-refractivity contribution in [2.24, 2.45) is 0 Å². The number of carbonyl (C=O) groups excluding carboxylic acids is 1. The summed E-state index contributed by atoms with van der Waals surface area (Å²) in [6, 6.07) is 6.91. The van der Waals surface area contributed by atoms with Gasteiger partial charge in [-0.05, 0) is 87.1 Å². The molecule has 0 bridgehead atoms. The minimum absolute atomic E-state index is 0.150. The van der Waals surface area contributed by atoms with Gasteiger partial charge in [-0.15, -0.1) is 10.2 Å². The van der Waals surface area contributed by atoms with Crippen LogP contribution in [-0.2, 0) is 6.54 Å². The van der Waals surface area contributed by atoms with E-state index in [0.717, 1.165) is 42.5 Å². The van der Waals surface area contributed by atoms with Crippen LogP contribution >= 0.6 is 0 Å². The number of benzene rings is 1. The third kappa shape index (κ3) is 5.30. The maximum Gasteiger partial charge on any atom is 0.259 e. The molecule has 3 N–H and O–H groups in total. The minimum Gasteiger partial charge on any atom is -0.388 e. The minimum atomic E-state index is -1.26. The van der Waals surface area contributed by atoms with Crippen molar-refractivity contribution < 1.29 is 19.4 Å². The Morgan fingerprint density at radius 1 is 1.16 bits per heavy atom. The molecule has 2 aliphatic carbocycles. The molecule has 13 heteroatoms. The fourth-order valence-electron chi connectivity index (χ4n) is 5.10. The van der Waals surface area contributed by atoms with Crippen molar-refractivity contribution >= 4 is 17.1 Å². The number of aliphatic hydroxyl groups excluding tert-OH is 1. The lowest BCUT2D eigenvalue weighted by molar-refractivity contribution is -0.0566. The van der Waals surface area contributed by atoms with Crippen LogP contribution in [0.1, 0.15) is 73.1 Å². The van der Waals surface area contributed by atoms with E-state index in [2.05, 4.69) is 25.8 Å². The van der Waals surface area contributed by atoms with E-state index in [9.17, 15) is 19.4 Å². The molecule has 0 spiro atoms. The largest absolute Gasteiger partial charge is 0.388 e. The van der Waals surface area contributed by atoms with Gasteiger partial charge in [0.2, 0.25) is 5.82 Å². The molecule has 222 valence electrons. The second kappa shape index (κ2) is 10.1. The number of nitrogens with zero attached hydrogens (tertiary/aromatic N) is 8. The topological polar surface area (TPSA) is 148 Å². The molecule has 0 radical (unpaired) electrons. The van der Waals surface area contributed by atoms with Gasteiger partial charge in [-0.1, -0.05) is 0 Å². The zero-order valence-corrected chi connectivity index (χ0v) is 24.1. The number of hydrogen-bond donors (Lipinski definition) is 3. The van der Waals surface area contributed by atoms with Gasteiger partial charge >= 0.3 is 0 Å². The van der Waals surface area contributed by atoms with Crippen molar-refractivity contribution in [2.75, 3.05) is 5.32 Å². The number of rotatable bonds is 9. The lowest BCUT2D eigenvalue weighted by Gasteiger charge is -2.24. The quantitative estimate of drug-likeness (QED) is 0.236. The fraction of sp³-hybridized carbons (Fsp3) is 0.400. The SMILES string of the molecule is Cc1cc(F)c(-c2nnn(C3CC3)n2)cc1NC(=O)c1cnn2ccc(-c3cn(C[C@H](O)C(C)(C)O)nc3C3CC3)cc12. The molecule has 0 unspecified atom stereocenters. The first-order valence-electron chi connectivity index (χ1n) is 14.4. The molecule has 2 saturated carbocycles. The highest BCUT2D eigenvalue weighted by Crippen LogP contribution is 2.44. The Morgan fingerprint density at radius 2 is 1.95 bits per heavy atom. The van der Waals surface area contributed by atoms with Crippen LogP contribution in [0, 0.1) is 12.7 Å². The predicted molar refractivity (Wildman–Crippen MR) is 155 cm³/mol. The van der Waals surface area contributed by atoms with Gasteiger partial charge in [-0.2, -0.15) is 15.0 Å². The molecular weight excluding hydrogens is 553 g/mol. The van der Waals surface area contributed by atoms with Crippen LogP contribution in [0.25, 0.3) is 28.0 Å². The van der Waals surface area contributed by atoms with E-state index < -0.39 is 23.4 Å². The highest BCUT2D eigenvalue weighted by atomic mass is 19.1. The van der Waals surface area contributed by atoms with E-state index in [0.29, 0.717) is 28.2 Å². The van der Waals surface area contributed by atoms with Gasteiger partial charge < -0.3 is 15.5 Å². The zero-order chi connectivity index (χ0) is 30.0. The van der Waals surface area contributed by atoms with E-state index in [1.807, 2.05) is 18.3 Å². The van der Waals surface area contributed by atoms with Crippen LogP contribution in [0.3, 0.4) is 0 Å². The molecule has 5 aromatic rings. The summed E-state index contributed by atoms with van der Waals surface area (Å²) in [6.07, 6.45) is 8.20. The van der Waals surface area contributed by atoms with Crippen molar-refractivity contribution in [3.05, 3.63) is 65.5 Å². The molecule has 2 aliphatic rings. The summed E-state index contributed by atoms with van der Waals surface area (Å²) in [7, 11) is 0. The summed E-state index contributed by atoms with van der Waals surface area (Å²) in [4.78, 5) is 15.1. The molecule has 0 saturated heterocycles. The van der Waals surface area contributed by atoms with Gasteiger partial charge in [-0.25, -0.2) is 8.91 Å². The average Bonchev–Trinajstić information content (AvgIpc) is 3.86. The van der Waals surface area contributed by atoms with E-state index >= 15 is 0 Å². The third-order valence-electron chi connectivity index (χ3n) is 8.11. The number of nitrogens with one attached hydrogen (secondary N) is 1. The van der Waals surface area contributed by atoms with Crippen molar-refractivity contribution in [3.8, 4) is 22.5 Å². The van der Waals surface area contributed by atoms with E-state index in [1.54, 1.807) is 36.2 Å². The summed E-state index contributed by atoms with van der Waals surface area (Å²) in [5.41, 5.74) is 3.52. The number of aromatic nitrogens is 8. The first kappa shape index (κ1) is 27.3. The average molecular weight is 586 g/mol. The van der Waals surface area contributed by atoms with E-state index in [1.165, 1.54) is 23.1 Å². The third-order valence-corrected chi connectivity index (χ3v) is 8.11. The maximum absolute atomic E-state index is 14.9. The van der Waals surface area contributed by atoms with Gasteiger partial charge in [0.05, 0.1) is 46.7 Å². The molecule has 2 fully saturated rings. The van der Waals surface area contributed by atoms with Crippen LogP contribution in [0.15, 0.2) is 42.9 Å². The Kier molecular flexibility index (Phi) is 6.40. The van der Waals surface area contributed by atoms with Crippen molar-refractivity contribution in [3.63, 3.8) is 0 Å². The number of anilines is 1. The fourth-order valence-corrected chi connectivity index (χ4v) is 5.10. The second-order valence-electron chi connectivity index (χ2n) is 12.2. The van der Waals surface area contributed by atoms with Crippen LogP contribution < -0.4 is 5.32 Å². The second-order valence-corrected chi connectivity index (χ2v) is 12.2. The highest BCUT2D eigenvalue weighted by molar-refractivity contribution is 6.09. The molecule has 12 nitrogen and oxygen atoms in total. The Hall–Kier alpha value is -4.49. The normalized spacial score (nSPS) is 16.1. The first-order valence-corrected chi connectivity index (χ1v) is 14.4. The molecular formula is C30H32FN9O3. The number of tetrazole rings is 1. The Labute approximate surface area is 246 Å². The number of halogens is 1. The van der Waals surface area contributed by atoms with E-state index in [-0.39, 0.29) is 24.0 Å². The molecule has 1 atom stereocenters. The Morgan fingerprint density at radius 3 is 2.67 bits per heavy atom. The predicted octanol–water partition coefficient (Wildman–Crippen LogP) is 3.90.